The third-order valence-electron chi connectivity index (χ3n) is 3.24. The molecule has 4 heteroatoms. The molecule has 0 aromatic heterocycles. The summed E-state index contributed by atoms with van der Waals surface area (Å²) in [6, 6.07) is 13.9. The van der Waals surface area contributed by atoms with Crippen molar-refractivity contribution in [2.45, 2.75) is 26.3 Å². The van der Waals surface area contributed by atoms with Crippen LogP contribution < -0.4 is 10.1 Å². The molecule has 0 saturated carbocycles. The molecule has 1 N–H and O–H groups in total. The number of amides is 1. The molecular formula is C18H20FNO2. The van der Waals surface area contributed by atoms with Crippen molar-refractivity contribution in [1.82, 2.24) is 5.32 Å². The second kappa shape index (κ2) is 7.59. The maximum atomic E-state index is 13.5. The molecule has 0 bridgehead atoms. The van der Waals surface area contributed by atoms with Crippen LogP contribution in [0.2, 0.25) is 0 Å². The Kier molecular flexibility index (Phi) is 5.53. The first-order valence-corrected chi connectivity index (χ1v) is 7.27. The van der Waals surface area contributed by atoms with E-state index >= 15 is 0 Å². The molecule has 0 unspecified atom stereocenters. The van der Waals surface area contributed by atoms with Crippen molar-refractivity contribution in [1.29, 1.82) is 0 Å². The number of ether oxygens (including phenoxy) is 1. The fourth-order valence-corrected chi connectivity index (χ4v) is 2.04. The van der Waals surface area contributed by atoms with Crippen LogP contribution in [0.3, 0.4) is 0 Å². The van der Waals surface area contributed by atoms with E-state index in [4.69, 9.17) is 4.74 Å². The maximum absolute atomic E-state index is 13.5. The molecule has 0 radical (unpaired) electrons. The van der Waals surface area contributed by atoms with Gasteiger partial charge < -0.3 is 10.1 Å². The highest BCUT2D eigenvalue weighted by molar-refractivity contribution is 5.78. The second-order valence-corrected chi connectivity index (χ2v) is 5.36. The molecule has 2 rings (SSSR count). The molecule has 2 aromatic rings. The monoisotopic (exact) mass is 301 g/mol. The predicted octanol–water partition coefficient (Wildman–Crippen LogP) is 3.26. The van der Waals surface area contributed by atoms with E-state index in [0.29, 0.717) is 12.2 Å². The topological polar surface area (TPSA) is 38.3 Å². The van der Waals surface area contributed by atoms with Crippen LogP contribution in [0.25, 0.3) is 0 Å². The third-order valence-corrected chi connectivity index (χ3v) is 3.24. The molecule has 0 aliphatic carbocycles. The van der Waals surface area contributed by atoms with Gasteiger partial charge in [0.15, 0.2) is 0 Å². The minimum absolute atomic E-state index is 0.0293. The van der Waals surface area contributed by atoms with Gasteiger partial charge in [-0.2, -0.15) is 0 Å². The number of rotatable bonds is 6. The number of halogens is 1. The molecule has 0 aliphatic rings. The average molecular weight is 301 g/mol. The Labute approximate surface area is 130 Å². The maximum Gasteiger partial charge on any atom is 0.224 e. The third kappa shape index (κ3) is 4.88. The number of aryl methyl sites for hydroxylation is 1. The van der Waals surface area contributed by atoms with E-state index < -0.39 is 0 Å². The van der Waals surface area contributed by atoms with E-state index in [2.05, 4.69) is 5.32 Å². The van der Waals surface area contributed by atoms with E-state index in [0.717, 1.165) is 5.75 Å². The lowest BCUT2D eigenvalue weighted by Crippen LogP contribution is -2.37. The van der Waals surface area contributed by atoms with Gasteiger partial charge in [-0.1, -0.05) is 35.9 Å². The molecule has 1 atom stereocenters. The quantitative estimate of drug-likeness (QED) is 0.889. The Morgan fingerprint density at radius 3 is 2.55 bits per heavy atom. The van der Waals surface area contributed by atoms with Crippen molar-refractivity contribution >= 4 is 5.91 Å². The van der Waals surface area contributed by atoms with Crippen molar-refractivity contribution in [3.63, 3.8) is 0 Å². The molecular weight excluding hydrogens is 281 g/mol. The van der Waals surface area contributed by atoms with Gasteiger partial charge in [0.2, 0.25) is 5.91 Å². The summed E-state index contributed by atoms with van der Waals surface area (Å²) in [5.74, 6) is 0.187. The summed E-state index contributed by atoms with van der Waals surface area (Å²) in [6.45, 7) is 4.23. The van der Waals surface area contributed by atoms with Crippen LogP contribution in [0.4, 0.5) is 4.39 Å². The fraction of sp³-hybridized carbons (Fsp3) is 0.278. The molecule has 1 amide bonds. The Hall–Kier alpha value is -2.36. The number of carbonyl (C=O) groups excluding carboxylic acids is 1. The summed E-state index contributed by atoms with van der Waals surface area (Å²) >= 11 is 0. The van der Waals surface area contributed by atoms with E-state index in [-0.39, 0.29) is 24.2 Å². The van der Waals surface area contributed by atoms with Gasteiger partial charge in [0.1, 0.15) is 18.2 Å². The van der Waals surface area contributed by atoms with Gasteiger partial charge in [-0.25, -0.2) is 4.39 Å². The van der Waals surface area contributed by atoms with Crippen molar-refractivity contribution in [2.75, 3.05) is 6.61 Å². The van der Waals surface area contributed by atoms with Gasteiger partial charge in [0, 0.05) is 0 Å². The molecule has 2 aromatic carbocycles. The SMILES string of the molecule is Cc1ccc(OC[C@@H](C)NC(=O)Cc2ccccc2F)cc1. The lowest BCUT2D eigenvalue weighted by atomic mass is 10.1. The van der Waals surface area contributed by atoms with Crippen molar-refractivity contribution < 1.29 is 13.9 Å². The number of carbonyl (C=O) groups is 1. The first kappa shape index (κ1) is 16.0. The van der Waals surface area contributed by atoms with Crippen LogP contribution in [0.1, 0.15) is 18.1 Å². The molecule has 0 fully saturated rings. The Morgan fingerprint density at radius 1 is 1.18 bits per heavy atom. The normalized spacial score (nSPS) is 11.8. The van der Waals surface area contributed by atoms with Crippen LogP contribution >= 0.6 is 0 Å². The highest BCUT2D eigenvalue weighted by Gasteiger charge is 2.11. The minimum atomic E-state index is -0.360. The van der Waals surface area contributed by atoms with Crippen molar-refractivity contribution in [2.24, 2.45) is 0 Å². The summed E-state index contributed by atoms with van der Waals surface area (Å²) in [5, 5.41) is 2.81. The fourth-order valence-electron chi connectivity index (χ4n) is 2.04. The van der Waals surface area contributed by atoms with Crippen LogP contribution in [0.15, 0.2) is 48.5 Å². The average Bonchev–Trinajstić information content (AvgIpc) is 2.49. The van der Waals surface area contributed by atoms with Crippen LogP contribution in [0.5, 0.6) is 5.75 Å². The predicted molar refractivity (Wildman–Crippen MR) is 84.4 cm³/mol. The number of hydrogen-bond acceptors (Lipinski definition) is 2. The summed E-state index contributed by atoms with van der Waals surface area (Å²) in [5.41, 5.74) is 1.56. The van der Waals surface area contributed by atoms with E-state index in [9.17, 15) is 9.18 Å². The standard InChI is InChI=1S/C18H20FNO2/c1-13-7-9-16(10-8-13)22-12-14(2)20-18(21)11-15-5-3-4-6-17(15)19/h3-10,14H,11-12H2,1-2H3,(H,20,21)/t14-/m1/s1. The number of nitrogens with one attached hydrogen (secondary N) is 1. The molecule has 0 saturated heterocycles. The number of hydrogen-bond donors (Lipinski definition) is 1. The van der Waals surface area contributed by atoms with Gasteiger partial charge in [0.25, 0.3) is 0 Å². The molecule has 0 heterocycles. The second-order valence-electron chi connectivity index (χ2n) is 5.36. The van der Waals surface area contributed by atoms with Crippen molar-refractivity contribution in [3.05, 3.63) is 65.5 Å². The summed E-state index contributed by atoms with van der Waals surface area (Å²) in [7, 11) is 0. The Balaban J connectivity index is 1.79. The first-order valence-electron chi connectivity index (χ1n) is 7.27. The van der Waals surface area contributed by atoms with Gasteiger partial charge in [-0.05, 0) is 37.6 Å². The Bertz CT molecular complexity index is 625. The van der Waals surface area contributed by atoms with Crippen LogP contribution in [0, 0.1) is 12.7 Å². The molecule has 22 heavy (non-hydrogen) atoms. The highest BCUT2D eigenvalue weighted by Crippen LogP contribution is 2.11. The Morgan fingerprint density at radius 2 is 1.86 bits per heavy atom. The van der Waals surface area contributed by atoms with Crippen LogP contribution in [-0.2, 0) is 11.2 Å². The number of benzene rings is 2. The van der Waals surface area contributed by atoms with Gasteiger partial charge in [-0.15, -0.1) is 0 Å². The van der Waals surface area contributed by atoms with Gasteiger partial charge in [-0.3, -0.25) is 4.79 Å². The molecule has 3 nitrogen and oxygen atoms in total. The smallest absolute Gasteiger partial charge is 0.224 e. The molecule has 0 spiro atoms. The van der Waals surface area contributed by atoms with Crippen LogP contribution in [-0.4, -0.2) is 18.6 Å². The van der Waals surface area contributed by atoms with E-state index in [1.54, 1.807) is 18.2 Å². The zero-order chi connectivity index (χ0) is 15.9. The highest BCUT2D eigenvalue weighted by atomic mass is 19.1. The summed E-state index contributed by atoms with van der Waals surface area (Å²) in [4.78, 5) is 11.9. The minimum Gasteiger partial charge on any atom is -0.491 e. The lowest BCUT2D eigenvalue weighted by Gasteiger charge is -2.15. The summed E-state index contributed by atoms with van der Waals surface area (Å²) < 4.78 is 19.1. The largest absolute Gasteiger partial charge is 0.491 e. The van der Waals surface area contributed by atoms with E-state index in [1.165, 1.54) is 11.6 Å². The van der Waals surface area contributed by atoms with E-state index in [1.807, 2.05) is 38.1 Å². The first-order chi connectivity index (χ1) is 10.5. The zero-order valence-corrected chi connectivity index (χ0v) is 12.8. The van der Waals surface area contributed by atoms with Gasteiger partial charge >= 0.3 is 0 Å². The molecule has 0 aliphatic heterocycles. The molecule has 116 valence electrons. The van der Waals surface area contributed by atoms with Crippen molar-refractivity contribution in [3.8, 4) is 5.75 Å². The van der Waals surface area contributed by atoms with Gasteiger partial charge in [0.05, 0.1) is 12.5 Å². The lowest BCUT2D eigenvalue weighted by molar-refractivity contribution is -0.121. The zero-order valence-electron chi connectivity index (χ0n) is 12.8. The summed E-state index contributed by atoms with van der Waals surface area (Å²) in [6.07, 6.45) is 0.0293.